The minimum atomic E-state index is -0.538. The number of halogens is 1. The lowest BCUT2D eigenvalue weighted by Crippen LogP contribution is -2.31. The highest BCUT2D eigenvalue weighted by atomic mass is 35.5. The van der Waals surface area contributed by atoms with Crippen LogP contribution in [0.25, 0.3) is 0 Å². The standard InChI is InChI=1S/C12H16ClNO3/c1-9(15)8-14-12(16)6-7-17-11-5-3-2-4-10(11)13/h2-5,9,15H,6-8H2,1H3,(H,14,16). The molecule has 1 atom stereocenters. The number of carbonyl (C=O) groups excluding carboxylic acids is 1. The lowest BCUT2D eigenvalue weighted by Gasteiger charge is -2.09. The molecule has 0 aliphatic carbocycles. The van der Waals surface area contributed by atoms with Gasteiger partial charge in [-0.3, -0.25) is 4.79 Å². The van der Waals surface area contributed by atoms with Crippen molar-refractivity contribution in [3.05, 3.63) is 29.3 Å². The Morgan fingerprint density at radius 2 is 2.24 bits per heavy atom. The van der Waals surface area contributed by atoms with E-state index in [1.165, 1.54) is 0 Å². The Morgan fingerprint density at radius 3 is 2.88 bits per heavy atom. The molecular weight excluding hydrogens is 242 g/mol. The van der Waals surface area contributed by atoms with Crippen LogP contribution >= 0.6 is 11.6 Å². The van der Waals surface area contributed by atoms with E-state index in [9.17, 15) is 4.79 Å². The summed E-state index contributed by atoms with van der Waals surface area (Å²) >= 11 is 5.88. The van der Waals surface area contributed by atoms with Crippen molar-refractivity contribution in [2.75, 3.05) is 13.2 Å². The molecule has 4 nitrogen and oxygen atoms in total. The van der Waals surface area contributed by atoms with E-state index in [-0.39, 0.29) is 25.5 Å². The van der Waals surface area contributed by atoms with E-state index in [1.807, 2.05) is 12.1 Å². The van der Waals surface area contributed by atoms with Crippen LogP contribution in [0.15, 0.2) is 24.3 Å². The Morgan fingerprint density at radius 1 is 1.53 bits per heavy atom. The molecule has 0 radical (unpaired) electrons. The fourth-order valence-corrected chi connectivity index (χ4v) is 1.36. The molecule has 0 saturated carbocycles. The third-order valence-electron chi connectivity index (χ3n) is 2.02. The van der Waals surface area contributed by atoms with Gasteiger partial charge in [-0.05, 0) is 19.1 Å². The predicted octanol–water partition coefficient (Wildman–Crippen LogP) is 1.61. The van der Waals surface area contributed by atoms with Crippen molar-refractivity contribution in [2.24, 2.45) is 0 Å². The molecule has 1 aromatic carbocycles. The van der Waals surface area contributed by atoms with Crippen LogP contribution in [0.2, 0.25) is 5.02 Å². The highest BCUT2D eigenvalue weighted by Gasteiger charge is 2.04. The highest BCUT2D eigenvalue weighted by molar-refractivity contribution is 6.32. The molecule has 1 aromatic rings. The van der Waals surface area contributed by atoms with Gasteiger partial charge in [0.1, 0.15) is 5.75 Å². The Balaban J connectivity index is 2.24. The van der Waals surface area contributed by atoms with E-state index in [2.05, 4.69) is 5.32 Å². The summed E-state index contributed by atoms with van der Waals surface area (Å²) in [5, 5.41) is 12.1. The summed E-state index contributed by atoms with van der Waals surface area (Å²) in [4.78, 5) is 11.3. The van der Waals surface area contributed by atoms with Crippen molar-refractivity contribution in [1.82, 2.24) is 5.32 Å². The second kappa shape index (κ2) is 7.14. The summed E-state index contributed by atoms with van der Waals surface area (Å²) < 4.78 is 5.36. The molecule has 0 bridgehead atoms. The van der Waals surface area contributed by atoms with Crippen LogP contribution in [-0.2, 0) is 4.79 Å². The molecule has 0 fully saturated rings. The van der Waals surface area contributed by atoms with E-state index in [0.717, 1.165) is 0 Å². The first-order chi connectivity index (χ1) is 8.09. The first-order valence-electron chi connectivity index (χ1n) is 5.41. The molecule has 0 aliphatic rings. The molecule has 0 aliphatic heterocycles. The maximum Gasteiger partial charge on any atom is 0.223 e. The smallest absolute Gasteiger partial charge is 0.223 e. The number of hydrogen-bond donors (Lipinski definition) is 2. The first-order valence-corrected chi connectivity index (χ1v) is 5.79. The van der Waals surface area contributed by atoms with Crippen molar-refractivity contribution in [1.29, 1.82) is 0 Å². The number of aliphatic hydroxyl groups is 1. The second-order valence-corrected chi connectivity index (χ2v) is 4.09. The van der Waals surface area contributed by atoms with Gasteiger partial charge >= 0.3 is 0 Å². The zero-order valence-corrected chi connectivity index (χ0v) is 10.4. The van der Waals surface area contributed by atoms with Crippen LogP contribution in [0.4, 0.5) is 0 Å². The quantitative estimate of drug-likeness (QED) is 0.814. The van der Waals surface area contributed by atoms with Crippen LogP contribution in [0.1, 0.15) is 13.3 Å². The van der Waals surface area contributed by atoms with Gasteiger partial charge in [0.05, 0.1) is 24.2 Å². The van der Waals surface area contributed by atoms with E-state index < -0.39 is 6.10 Å². The Hall–Kier alpha value is -1.26. The van der Waals surface area contributed by atoms with E-state index in [1.54, 1.807) is 19.1 Å². The zero-order valence-electron chi connectivity index (χ0n) is 9.65. The Kier molecular flexibility index (Phi) is 5.80. The van der Waals surface area contributed by atoms with Gasteiger partial charge in [0, 0.05) is 6.54 Å². The summed E-state index contributed by atoms with van der Waals surface area (Å²) in [6.45, 7) is 2.13. The molecule has 0 aromatic heterocycles. The topological polar surface area (TPSA) is 58.6 Å². The summed E-state index contributed by atoms with van der Waals surface area (Å²) in [5.74, 6) is 0.412. The van der Waals surface area contributed by atoms with Crippen molar-refractivity contribution in [3.8, 4) is 5.75 Å². The molecule has 5 heteroatoms. The van der Waals surface area contributed by atoms with Gasteiger partial charge in [-0.2, -0.15) is 0 Å². The summed E-state index contributed by atoms with van der Waals surface area (Å²) in [7, 11) is 0. The molecule has 1 unspecified atom stereocenters. The summed E-state index contributed by atoms with van der Waals surface area (Å²) in [6.07, 6.45) is -0.304. The second-order valence-electron chi connectivity index (χ2n) is 3.68. The fraction of sp³-hybridized carbons (Fsp3) is 0.417. The van der Waals surface area contributed by atoms with Crippen LogP contribution in [0, 0.1) is 0 Å². The number of aliphatic hydroxyl groups excluding tert-OH is 1. The molecular formula is C12H16ClNO3. The van der Waals surface area contributed by atoms with E-state index in [4.69, 9.17) is 21.4 Å². The summed E-state index contributed by atoms with van der Waals surface area (Å²) in [6, 6.07) is 7.10. The minimum absolute atomic E-state index is 0.155. The molecule has 0 spiro atoms. The van der Waals surface area contributed by atoms with Gasteiger partial charge in [0.2, 0.25) is 5.91 Å². The normalized spacial score (nSPS) is 11.9. The van der Waals surface area contributed by atoms with E-state index >= 15 is 0 Å². The fourth-order valence-electron chi connectivity index (χ4n) is 1.17. The monoisotopic (exact) mass is 257 g/mol. The van der Waals surface area contributed by atoms with Crippen LogP contribution in [0.3, 0.4) is 0 Å². The third-order valence-corrected chi connectivity index (χ3v) is 2.33. The number of ether oxygens (including phenoxy) is 1. The maximum atomic E-state index is 11.3. The van der Waals surface area contributed by atoms with Gasteiger partial charge in [-0.1, -0.05) is 23.7 Å². The van der Waals surface area contributed by atoms with Crippen molar-refractivity contribution < 1.29 is 14.6 Å². The van der Waals surface area contributed by atoms with Crippen molar-refractivity contribution in [2.45, 2.75) is 19.4 Å². The molecule has 1 amide bonds. The number of carbonyl (C=O) groups is 1. The SMILES string of the molecule is CC(O)CNC(=O)CCOc1ccccc1Cl. The zero-order chi connectivity index (χ0) is 12.7. The van der Waals surface area contributed by atoms with Gasteiger partial charge in [0.25, 0.3) is 0 Å². The molecule has 0 saturated heterocycles. The molecule has 17 heavy (non-hydrogen) atoms. The third kappa shape index (κ3) is 5.56. The molecule has 0 heterocycles. The first kappa shape index (κ1) is 13.8. The Labute approximate surface area is 106 Å². The number of rotatable bonds is 6. The maximum absolute atomic E-state index is 11.3. The average Bonchev–Trinajstić information content (AvgIpc) is 2.29. The number of nitrogens with one attached hydrogen (secondary N) is 1. The number of para-hydroxylation sites is 1. The molecule has 2 N–H and O–H groups in total. The van der Waals surface area contributed by atoms with Crippen LogP contribution in [-0.4, -0.2) is 30.3 Å². The lowest BCUT2D eigenvalue weighted by molar-refractivity contribution is -0.122. The largest absolute Gasteiger partial charge is 0.491 e. The summed E-state index contributed by atoms with van der Waals surface area (Å²) in [5.41, 5.74) is 0. The molecule has 94 valence electrons. The van der Waals surface area contributed by atoms with Gasteiger partial charge in [-0.15, -0.1) is 0 Å². The number of benzene rings is 1. The van der Waals surface area contributed by atoms with Crippen LogP contribution in [0.5, 0.6) is 5.75 Å². The van der Waals surface area contributed by atoms with Crippen LogP contribution < -0.4 is 10.1 Å². The Bertz CT molecular complexity index is 369. The van der Waals surface area contributed by atoms with Gasteiger partial charge < -0.3 is 15.2 Å². The number of hydrogen-bond acceptors (Lipinski definition) is 3. The molecule has 1 rings (SSSR count). The van der Waals surface area contributed by atoms with Gasteiger partial charge in [-0.25, -0.2) is 0 Å². The van der Waals surface area contributed by atoms with Crippen molar-refractivity contribution in [3.63, 3.8) is 0 Å². The number of amides is 1. The lowest BCUT2D eigenvalue weighted by atomic mass is 10.3. The predicted molar refractivity (Wildman–Crippen MR) is 66.3 cm³/mol. The van der Waals surface area contributed by atoms with Crippen molar-refractivity contribution >= 4 is 17.5 Å². The van der Waals surface area contributed by atoms with E-state index in [0.29, 0.717) is 10.8 Å². The highest BCUT2D eigenvalue weighted by Crippen LogP contribution is 2.22. The minimum Gasteiger partial charge on any atom is -0.491 e. The van der Waals surface area contributed by atoms with Gasteiger partial charge in [0.15, 0.2) is 0 Å². The average molecular weight is 258 g/mol.